The van der Waals surface area contributed by atoms with Gasteiger partial charge in [-0.05, 0) is 61.1 Å². The van der Waals surface area contributed by atoms with E-state index in [1.807, 2.05) is 12.1 Å². The van der Waals surface area contributed by atoms with Gasteiger partial charge < -0.3 is 15.4 Å². The molecule has 0 bridgehead atoms. The smallest absolute Gasteiger partial charge is 0.314 e. The second-order valence-electron chi connectivity index (χ2n) is 7.25. The number of aryl methyl sites for hydroxylation is 1. The number of ether oxygens (including phenoxy) is 1. The highest BCUT2D eigenvalue weighted by Gasteiger charge is 2.35. The minimum Gasteiger partial charge on any atom is -0.381 e. The van der Waals surface area contributed by atoms with Crippen LogP contribution in [0.3, 0.4) is 0 Å². The van der Waals surface area contributed by atoms with Crippen LogP contribution in [0.15, 0.2) is 48.5 Å². The standard InChI is InChI=1S/C22H26F2N2O2/c23-19-7-1-4-17(14-19)5-3-11-25-21(27)26-16-22(9-12-28-13-10-22)18-6-2-8-20(24)15-18/h1-2,4,6-8,14-15H,3,5,9-13,16H2,(H2,25,26,27). The largest absolute Gasteiger partial charge is 0.381 e. The van der Waals surface area contributed by atoms with Crippen molar-refractivity contribution < 1.29 is 18.3 Å². The molecule has 1 heterocycles. The first-order valence-electron chi connectivity index (χ1n) is 9.67. The average molecular weight is 388 g/mol. The predicted octanol–water partition coefficient (Wildman–Crippen LogP) is 3.95. The highest BCUT2D eigenvalue weighted by Crippen LogP contribution is 2.34. The second-order valence-corrected chi connectivity index (χ2v) is 7.25. The number of benzene rings is 2. The van der Waals surface area contributed by atoms with Crippen molar-refractivity contribution in [2.75, 3.05) is 26.3 Å². The van der Waals surface area contributed by atoms with Crippen LogP contribution < -0.4 is 10.6 Å². The molecule has 4 nitrogen and oxygen atoms in total. The SMILES string of the molecule is O=C(NCCCc1cccc(F)c1)NCC1(c2cccc(F)c2)CCOCC1. The quantitative estimate of drug-likeness (QED) is 0.706. The number of urea groups is 1. The lowest BCUT2D eigenvalue weighted by Gasteiger charge is -2.38. The van der Waals surface area contributed by atoms with Crippen LogP contribution in [0.5, 0.6) is 0 Å². The molecule has 2 aromatic rings. The highest BCUT2D eigenvalue weighted by molar-refractivity contribution is 5.73. The van der Waals surface area contributed by atoms with Crippen molar-refractivity contribution in [3.8, 4) is 0 Å². The molecule has 2 aromatic carbocycles. The van der Waals surface area contributed by atoms with E-state index >= 15 is 0 Å². The number of hydrogen-bond acceptors (Lipinski definition) is 2. The van der Waals surface area contributed by atoms with Gasteiger partial charge in [0.25, 0.3) is 0 Å². The Hall–Kier alpha value is -2.47. The summed E-state index contributed by atoms with van der Waals surface area (Å²) >= 11 is 0. The molecule has 1 aliphatic heterocycles. The van der Waals surface area contributed by atoms with Gasteiger partial charge in [0.15, 0.2) is 0 Å². The molecule has 2 amide bonds. The molecule has 1 aliphatic rings. The van der Waals surface area contributed by atoms with Crippen LogP contribution in [0.2, 0.25) is 0 Å². The van der Waals surface area contributed by atoms with E-state index in [1.54, 1.807) is 18.2 Å². The Morgan fingerprint density at radius 2 is 1.71 bits per heavy atom. The van der Waals surface area contributed by atoms with E-state index in [4.69, 9.17) is 4.74 Å². The van der Waals surface area contributed by atoms with Crippen LogP contribution >= 0.6 is 0 Å². The van der Waals surface area contributed by atoms with Gasteiger partial charge in [0.2, 0.25) is 0 Å². The summed E-state index contributed by atoms with van der Waals surface area (Å²) in [6, 6.07) is 12.8. The molecule has 6 heteroatoms. The minimum atomic E-state index is -0.320. The van der Waals surface area contributed by atoms with Gasteiger partial charge in [0.1, 0.15) is 11.6 Å². The molecule has 0 spiro atoms. The zero-order chi connectivity index (χ0) is 19.8. The van der Waals surface area contributed by atoms with Gasteiger partial charge in [-0.3, -0.25) is 0 Å². The van der Waals surface area contributed by atoms with Crippen molar-refractivity contribution in [1.29, 1.82) is 0 Å². The number of carbonyl (C=O) groups excluding carboxylic acids is 1. The summed E-state index contributed by atoms with van der Waals surface area (Å²) < 4.78 is 32.3. The molecule has 2 N–H and O–H groups in total. The molecule has 1 saturated heterocycles. The van der Waals surface area contributed by atoms with Crippen molar-refractivity contribution >= 4 is 6.03 Å². The first-order valence-corrected chi connectivity index (χ1v) is 9.67. The molecule has 3 rings (SSSR count). The van der Waals surface area contributed by atoms with Gasteiger partial charge in [0, 0.05) is 31.7 Å². The van der Waals surface area contributed by atoms with Crippen LogP contribution in [0.25, 0.3) is 0 Å². The molecule has 150 valence electrons. The van der Waals surface area contributed by atoms with E-state index in [9.17, 15) is 13.6 Å². The Kier molecular flexibility index (Phi) is 6.98. The normalized spacial score (nSPS) is 15.8. The van der Waals surface area contributed by atoms with E-state index in [-0.39, 0.29) is 23.1 Å². The topological polar surface area (TPSA) is 50.4 Å². The third kappa shape index (κ3) is 5.52. The summed E-state index contributed by atoms with van der Waals surface area (Å²) in [4.78, 5) is 12.2. The molecule has 0 saturated carbocycles. The molecule has 0 atom stereocenters. The molecular formula is C22H26F2N2O2. The van der Waals surface area contributed by atoms with Gasteiger partial charge in [0.05, 0.1) is 0 Å². The molecule has 0 unspecified atom stereocenters. The maximum Gasteiger partial charge on any atom is 0.314 e. The molecule has 0 radical (unpaired) electrons. The average Bonchev–Trinajstić information content (AvgIpc) is 2.70. The molecule has 0 aromatic heterocycles. The van der Waals surface area contributed by atoms with Crippen molar-refractivity contribution in [2.45, 2.75) is 31.1 Å². The number of amides is 2. The second kappa shape index (κ2) is 9.64. The van der Waals surface area contributed by atoms with Crippen molar-refractivity contribution in [1.82, 2.24) is 10.6 Å². The van der Waals surface area contributed by atoms with Crippen molar-refractivity contribution in [3.05, 3.63) is 71.3 Å². The molecular weight excluding hydrogens is 362 g/mol. The summed E-state index contributed by atoms with van der Waals surface area (Å²) in [7, 11) is 0. The van der Waals surface area contributed by atoms with Crippen molar-refractivity contribution in [2.24, 2.45) is 0 Å². The third-order valence-corrected chi connectivity index (χ3v) is 5.29. The van der Waals surface area contributed by atoms with Crippen molar-refractivity contribution in [3.63, 3.8) is 0 Å². The monoisotopic (exact) mass is 388 g/mol. The number of hydrogen-bond donors (Lipinski definition) is 2. The summed E-state index contributed by atoms with van der Waals surface area (Å²) in [6.07, 6.45) is 2.88. The minimum absolute atomic E-state index is 0.248. The first-order chi connectivity index (χ1) is 13.6. The van der Waals surface area contributed by atoms with Gasteiger partial charge in [-0.25, -0.2) is 13.6 Å². The van der Waals surface area contributed by atoms with Gasteiger partial charge in [-0.15, -0.1) is 0 Å². The Balaban J connectivity index is 1.48. The van der Waals surface area contributed by atoms with Gasteiger partial charge >= 0.3 is 6.03 Å². The Morgan fingerprint density at radius 1 is 1.00 bits per heavy atom. The van der Waals surface area contributed by atoms with Crippen LogP contribution in [0.4, 0.5) is 13.6 Å². The lowest BCUT2D eigenvalue weighted by Crippen LogP contribution is -2.47. The summed E-state index contributed by atoms with van der Waals surface area (Å²) in [5.74, 6) is -0.521. The lowest BCUT2D eigenvalue weighted by molar-refractivity contribution is 0.0506. The van der Waals surface area contributed by atoms with E-state index < -0.39 is 0 Å². The first kappa shape index (κ1) is 20.3. The third-order valence-electron chi connectivity index (χ3n) is 5.29. The van der Waals surface area contributed by atoms with E-state index in [2.05, 4.69) is 10.6 Å². The number of carbonyl (C=O) groups is 1. The lowest BCUT2D eigenvalue weighted by atomic mass is 9.74. The zero-order valence-electron chi connectivity index (χ0n) is 15.8. The zero-order valence-corrected chi connectivity index (χ0v) is 15.8. The summed E-state index contributed by atoms with van der Waals surface area (Å²) in [5, 5.41) is 5.77. The number of halogens is 2. The van der Waals surface area contributed by atoms with Gasteiger partial charge in [-0.1, -0.05) is 24.3 Å². The fraction of sp³-hybridized carbons (Fsp3) is 0.409. The molecule has 28 heavy (non-hydrogen) atoms. The fourth-order valence-electron chi connectivity index (χ4n) is 3.65. The number of rotatable bonds is 7. The summed E-state index contributed by atoms with van der Waals surface area (Å²) in [5.41, 5.74) is 1.48. The van der Waals surface area contributed by atoms with E-state index in [0.717, 1.165) is 30.4 Å². The van der Waals surface area contributed by atoms with Crippen LogP contribution in [0.1, 0.15) is 30.4 Å². The van der Waals surface area contributed by atoms with Crippen LogP contribution in [-0.4, -0.2) is 32.3 Å². The van der Waals surface area contributed by atoms with Crippen LogP contribution in [-0.2, 0) is 16.6 Å². The van der Waals surface area contributed by atoms with E-state index in [0.29, 0.717) is 32.7 Å². The number of nitrogens with one attached hydrogen (secondary N) is 2. The van der Waals surface area contributed by atoms with E-state index in [1.165, 1.54) is 18.2 Å². The molecule has 1 fully saturated rings. The Labute approximate surface area is 164 Å². The maximum atomic E-state index is 13.7. The highest BCUT2D eigenvalue weighted by atomic mass is 19.1. The fourth-order valence-corrected chi connectivity index (χ4v) is 3.65. The molecule has 0 aliphatic carbocycles. The maximum absolute atomic E-state index is 13.7. The van der Waals surface area contributed by atoms with Gasteiger partial charge in [-0.2, -0.15) is 0 Å². The predicted molar refractivity (Wildman–Crippen MR) is 104 cm³/mol. The summed E-state index contributed by atoms with van der Waals surface area (Å²) in [6.45, 7) is 2.11. The van der Waals surface area contributed by atoms with Crippen LogP contribution in [0, 0.1) is 11.6 Å². The Morgan fingerprint density at radius 3 is 2.43 bits per heavy atom. The Bertz CT molecular complexity index is 792.